The molecular weight excluding hydrogens is 432 g/mol. The van der Waals surface area contributed by atoms with Crippen molar-refractivity contribution in [3.8, 4) is 17.0 Å². The second kappa shape index (κ2) is 7.51. The Morgan fingerprint density at radius 2 is 2.11 bits per heavy atom. The van der Waals surface area contributed by atoms with Crippen LogP contribution < -0.4 is 15.2 Å². The predicted octanol–water partition coefficient (Wildman–Crippen LogP) is 3.47. The van der Waals surface area contributed by atoms with Crippen molar-refractivity contribution in [1.82, 2.24) is 5.10 Å². The molecule has 6 nitrogen and oxygen atoms in total. The molecule has 0 saturated carbocycles. The number of fused-ring (bicyclic) bond motifs is 3. The third-order valence-corrected chi connectivity index (χ3v) is 4.71. The first kappa shape index (κ1) is 18.3. The minimum Gasteiger partial charge on any atom is -0.493 e. The van der Waals surface area contributed by atoms with Gasteiger partial charge in [-0.1, -0.05) is 25.9 Å². The van der Waals surface area contributed by atoms with Crippen molar-refractivity contribution in [3.63, 3.8) is 0 Å². The van der Waals surface area contributed by atoms with E-state index in [0.717, 1.165) is 45.5 Å². The largest absolute Gasteiger partial charge is 0.493 e. The fourth-order valence-corrected chi connectivity index (χ4v) is 3.32. The van der Waals surface area contributed by atoms with Crippen molar-refractivity contribution in [1.29, 1.82) is 0 Å². The van der Waals surface area contributed by atoms with Crippen LogP contribution >= 0.6 is 15.9 Å². The number of nitrogens with zero attached hydrogens (tertiary/aromatic N) is 3. The van der Waals surface area contributed by atoms with Gasteiger partial charge >= 0.3 is 5.96 Å². The van der Waals surface area contributed by atoms with Gasteiger partial charge in [0.25, 0.3) is 0 Å². The third kappa shape index (κ3) is 3.53. The summed E-state index contributed by atoms with van der Waals surface area (Å²) in [5.41, 5.74) is 8.10. The number of nitrogens with one attached hydrogen (secondary N) is 1. The zero-order valence-electron chi connectivity index (χ0n) is 14.5. The highest BCUT2D eigenvalue weighted by Crippen LogP contribution is 2.35. The van der Waals surface area contributed by atoms with E-state index in [-0.39, 0.29) is 11.6 Å². The summed E-state index contributed by atoms with van der Waals surface area (Å²) in [5.74, 6) is -0.609. The maximum absolute atomic E-state index is 14.0. The normalized spacial score (nSPS) is 13.8. The van der Waals surface area contributed by atoms with Crippen LogP contribution in [0.4, 0.5) is 14.5 Å². The lowest BCUT2D eigenvalue weighted by atomic mass is 10.1. The number of rotatable bonds is 1. The number of hydrogen-bond donors (Lipinski definition) is 2. The molecule has 3 aromatic rings. The number of aromatic nitrogens is 2. The number of nitrogens with two attached hydrogens (primary N) is 1. The van der Waals surface area contributed by atoms with Gasteiger partial charge in [-0.3, -0.25) is 0 Å². The summed E-state index contributed by atoms with van der Waals surface area (Å²) in [6.45, 7) is 0.513. The van der Waals surface area contributed by atoms with E-state index in [0.29, 0.717) is 13.0 Å². The van der Waals surface area contributed by atoms with Crippen molar-refractivity contribution in [3.05, 3.63) is 64.3 Å². The Hall–Kier alpha value is -3.07. The number of halogens is 3. The Labute approximate surface area is 167 Å². The monoisotopic (exact) mass is 446 g/mol. The van der Waals surface area contributed by atoms with Crippen molar-refractivity contribution in [2.45, 2.75) is 6.42 Å². The highest BCUT2D eigenvalue weighted by Gasteiger charge is 2.24. The van der Waals surface area contributed by atoms with Crippen molar-refractivity contribution in [2.75, 3.05) is 6.61 Å². The summed E-state index contributed by atoms with van der Waals surface area (Å²) >= 11 is 3.47. The molecule has 4 rings (SSSR count). The van der Waals surface area contributed by atoms with Crippen LogP contribution in [0.5, 0.6) is 5.75 Å². The molecule has 0 amide bonds. The second-order valence-electron chi connectivity index (χ2n) is 6.04. The van der Waals surface area contributed by atoms with Gasteiger partial charge in [0.05, 0.1) is 18.5 Å². The van der Waals surface area contributed by atoms with Crippen LogP contribution in [0.2, 0.25) is 0 Å². The quantitative estimate of drug-likeness (QED) is 0.341. The van der Waals surface area contributed by atoms with Crippen LogP contribution in [0, 0.1) is 11.6 Å². The van der Waals surface area contributed by atoms with E-state index in [9.17, 15) is 8.78 Å². The predicted molar refractivity (Wildman–Crippen MR) is 105 cm³/mol. The molecule has 1 aromatic heterocycles. The minimum atomic E-state index is -0.791. The first-order valence-corrected chi connectivity index (χ1v) is 9.19. The third-order valence-electron chi connectivity index (χ3n) is 4.21. The maximum atomic E-state index is 14.0. The topological polar surface area (TPSA) is 79.6 Å². The van der Waals surface area contributed by atoms with Crippen LogP contribution in [-0.4, -0.2) is 24.0 Å². The molecule has 0 unspecified atom stereocenters. The molecule has 2 heterocycles. The van der Waals surface area contributed by atoms with Gasteiger partial charge in [-0.2, -0.15) is 0 Å². The first-order valence-electron chi connectivity index (χ1n) is 8.40. The number of hydrogen-bond acceptors (Lipinski definition) is 2. The average molecular weight is 447 g/mol. The van der Waals surface area contributed by atoms with Gasteiger partial charge in [0.1, 0.15) is 11.6 Å². The molecular formula is C19H15BrF2N5O+. The van der Waals surface area contributed by atoms with E-state index in [1.165, 1.54) is 6.07 Å². The molecule has 0 aliphatic carbocycles. The Balaban J connectivity index is 1.83. The molecule has 2 aromatic carbocycles. The molecule has 1 aliphatic heterocycles. The lowest BCUT2D eigenvalue weighted by Crippen LogP contribution is -2.43. The lowest BCUT2D eigenvalue weighted by Gasteiger charge is -2.07. The zero-order valence-corrected chi connectivity index (χ0v) is 16.1. The number of aliphatic imine (C=N–C) groups is 2. The van der Waals surface area contributed by atoms with Gasteiger partial charge in [-0.05, 0) is 30.3 Å². The zero-order chi connectivity index (χ0) is 19.7. The summed E-state index contributed by atoms with van der Waals surface area (Å²) in [6, 6.07) is 8.88. The molecule has 0 radical (unpaired) electrons. The SMILES string of the molecule is N/C=N\C(=Nc1ccc(F)cc1F)[n+]1cc2c([nH]1)-c1cc(Br)ccc1OCC2. The average Bonchev–Trinajstić information content (AvgIpc) is 3.01. The Kier molecular flexibility index (Phi) is 4.91. The number of benzene rings is 2. The molecule has 1 aliphatic rings. The fraction of sp³-hybridized carbons (Fsp3) is 0.105. The summed E-state index contributed by atoms with van der Waals surface area (Å²) in [7, 11) is 0. The molecule has 0 fully saturated rings. The van der Waals surface area contributed by atoms with Gasteiger partial charge in [-0.25, -0.2) is 13.9 Å². The van der Waals surface area contributed by atoms with E-state index in [1.807, 2.05) is 24.4 Å². The molecule has 28 heavy (non-hydrogen) atoms. The van der Waals surface area contributed by atoms with Crippen LogP contribution in [0.25, 0.3) is 11.3 Å². The van der Waals surface area contributed by atoms with Gasteiger partial charge in [0, 0.05) is 28.1 Å². The second-order valence-corrected chi connectivity index (χ2v) is 6.95. The van der Waals surface area contributed by atoms with Gasteiger partial charge in [0.15, 0.2) is 17.8 Å². The Bertz CT molecular complexity index is 1110. The first-order chi connectivity index (χ1) is 13.5. The molecule has 9 heteroatoms. The van der Waals surface area contributed by atoms with Gasteiger partial charge < -0.3 is 10.5 Å². The summed E-state index contributed by atoms with van der Waals surface area (Å²) in [4.78, 5) is 8.22. The van der Waals surface area contributed by atoms with Crippen LogP contribution in [0.1, 0.15) is 5.56 Å². The molecule has 0 atom stereocenters. The van der Waals surface area contributed by atoms with E-state index in [1.54, 1.807) is 4.68 Å². The van der Waals surface area contributed by atoms with Crippen molar-refractivity contribution in [2.24, 2.45) is 15.7 Å². The van der Waals surface area contributed by atoms with Crippen LogP contribution in [-0.2, 0) is 6.42 Å². The number of H-pyrrole nitrogens is 1. The van der Waals surface area contributed by atoms with E-state index >= 15 is 0 Å². The standard InChI is InChI=1S/C19H14BrF2N5O/c20-12-1-4-17-14(7-12)18-11(5-6-28-17)9-27(26-18)19(24-10-23)25-16-3-2-13(21)8-15(16)22/h1-4,7-10H,5-6H2,(H2,23,24,25)/p+1. The molecule has 0 spiro atoms. The molecule has 0 saturated heterocycles. The van der Waals surface area contributed by atoms with Crippen molar-refractivity contribution >= 4 is 33.9 Å². The number of ether oxygens (including phenoxy) is 1. The molecule has 142 valence electrons. The fourth-order valence-electron chi connectivity index (χ4n) is 2.96. The van der Waals surface area contributed by atoms with Crippen molar-refractivity contribution < 1.29 is 18.2 Å². The van der Waals surface area contributed by atoms with Gasteiger partial charge in [-0.15, -0.1) is 4.68 Å². The molecule has 0 bridgehead atoms. The van der Waals surface area contributed by atoms with Gasteiger partial charge in [0.2, 0.25) is 0 Å². The minimum absolute atomic E-state index is 0.0502. The summed E-state index contributed by atoms with van der Waals surface area (Å²) in [6.07, 6.45) is 3.53. The number of aromatic amines is 1. The highest BCUT2D eigenvalue weighted by molar-refractivity contribution is 9.10. The van der Waals surface area contributed by atoms with Crippen LogP contribution in [0.15, 0.2) is 57.1 Å². The van der Waals surface area contributed by atoms with E-state index < -0.39 is 11.6 Å². The van der Waals surface area contributed by atoms with E-state index in [4.69, 9.17) is 10.5 Å². The Morgan fingerprint density at radius 3 is 2.89 bits per heavy atom. The Morgan fingerprint density at radius 1 is 1.25 bits per heavy atom. The highest BCUT2D eigenvalue weighted by atomic mass is 79.9. The lowest BCUT2D eigenvalue weighted by molar-refractivity contribution is -0.618. The van der Waals surface area contributed by atoms with E-state index in [2.05, 4.69) is 31.0 Å². The summed E-state index contributed by atoms with van der Waals surface area (Å²) in [5, 5.41) is 3.21. The molecule has 3 N–H and O–H groups in total. The maximum Gasteiger partial charge on any atom is 0.457 e. The smallest absolute Gasteiger partial charge is 0.457 e. The summed E-state index contributed by atoms with van der Waals surface area (Å²) < 4.78 is 35.4. The van der Waals surface area contributed by atoms with Crippen LogP contribution in [0.3, 0.4) is 0 Å².